The van der Waals surface area contributed by atoms with Gasteiger partial charge >= 0.3 is 0 Å². The standard InChI is InChI=1S/C15H9ClF2N2/c1-8-4-9(6-11(18)5-8)15-19-13-3-2-10(17)7-12(13)14(16)20-15/h2-7H,1H3. The summed E-state index contributed by atoms with van der Waals surface area (Å²) < 4.78 is 26.6. The maximum atomic E-state index is 13.4. The molecule has 2 nitrogen and oxygen atoms in total. The van der Waals surface area contributed by atoms with E-state index in [4.69, 9.17) is 11.6 Å². The molecule has 20 heavy (non-hydrogen) atoms. The topological polar surface area (TPSA) is 25.8 Å². The van der Waals surface area contributed by atoms with Gasteiger partial charge in [-0.3, -0.25) is 0 Å². The van der Waals surface area contributed by atoms with Crippen LogP contribution >= 0.6 is 11.6 Å². The highest BCUT2D eigenvalue weighted by Crippen LogP contribution is 2.26. The van der Waals surface area contributed by atoms with Crippen molar-refractivity contribution in [1.29, 1.82) is 0 Å². The Bertz CT molecular complexity index is 798. The fourth-order valence-electron chi connectivity index (χ4n) is 2.06. The number of hydrogen-bond acceptors (Lipinski definition) is 2. The highest BCUT2D eigenvalue weighted by molar-refractivity contribution is 6.34. The third kappa shape index (κ3) is 2.34. The largest absolute Gasteiger partial charge is 0.228 e. The SMILES string of the molecule is Cc1cc(F)cc(-c2nc(Cl)c3cc(F)ccc3n2)c1. The van der Waals surface area contributed by atoms with Gasteiger partial charge in [0.25, 0.3) is 0 Å². The number of hydrogen-bond donors (Lipinski definition) is 0. The predicted molar refractivity (Wildman–Crippen MR) is 74.6 cm³/mol. The monoisotopic (exact) mass is 290 g/mol. The first-order valence-corrected chi connectivity index (χ1v) is 6.31. The van der Waals surface area contributed by atoms with Crippen LogP contribution in [-0.2, 0) is 0 Å². The van der Waals surface area contributed by atoms with Crippen molar-refractivity contribution in [3.8, 4) is 11.4 Å². The van der Waals surface area contributed by atoms with Gasteiger partial charge in [0.1, 0.15) is 16.8 Å². The summed E-state index contributed by atoms with van der Waals surface area (Å²) in [5.41, 5.74) is 1.82. The molecule has 0 atom stereocenters. The highest BCUT2D eigenvalue weighted by atomic mass is 35.5. The lowest BCUT2D eigenvalue weighted by Gasteiger charge is -2.06. The number of rotatable bonds is 1. The summed E-state index contributed by atoms with van der Waals surface area (Å²) >= 11 is 6.05. The Labute approximate surface area is 119 Å². The number of halogens is 3. The maximum Gasteiger partial charge on any atom is 0.161 e. The van der Waals surface area contributed by atoms with Crippen molar-refractivity contribution in [2.24, 2.45) is 0 Å². The minimum atomic E-state index is -0.405. The number of aryl methyl sites for hydroxylation is 1. The van der Waals surface area contributed by atoms with Gasteiger partial charge in [0.2, 0.25) is 0 Å². The van der Waals surface area contributed by atoms with Gasteiger partial charge in [0.15, 0.2) is 5.82 Å². The van der Waals surface area contributed by atoms with Gasteiger partial charge in [-0.25, -0.2) is 18.7 Å². The van der Waals surface area contributed by atoms with Crippen LogP contribution < -0.4 is 0 Å². The van der Waals surface area contributed by atoms with Gasteiger partial charge in [-0.1, -0.05) is 11.6 Å². The fraction of sp³-hybridized carbons (Fsp3) is 0.0667. The molecule has 1 heterocycles. The van der Waals surface area contributed by atoms with Crippen LogP contribution in [0.25, 0.3) is 22.3 Å². The average Bonchev–Trinajstić information content (AvgIpc) is 2.38. The Hall–Kier alpha value is -2.07. The Morgan fingerprint density at radius 2 is 1.75 bits per heavy atom. The Morgan fingerprint density at radius 3 is 2.50 bits per heavy atom. The van der Waals surface area contributed by atoms with E-state index in [1.54, 1.807) is 13.0 Å². The Morgan fingerprint density at radius 1 is 0.950 bits per heavy atom. The van der Waals surface area contributed by atoms with Crippen LogP contribution in [0.3, 0.4) is 0 Å². The fourth-order valence-corrected chi connectivity index (χ4v) is 2.29. The van der Waals surface area contributed by atoms with Gasteiger partial charge in [0, 0.05) is 10.9 Å². The van der Waals surface area contributed by atoms with Crippen molar-refractivity contribution in [3.63, 3.8) is 0 Å². The summed E-state index contributed by atoms with van der Waals surface area (Å²) in [7, 11) is 0. The lowest BCUT2D eigenvalue weighted by atomic mass is 10.1. The van der Waals surface area contributed by atoms with E-state index in [9.17, 15) is 8.78 Å². The summed E-state index contributed by atoms with van der Waals surface area (Å²) in [6.45, 7) is 1.78. The molecule has 0 aliphatic rings. The Kier molecular flexibility index (Phi) is 3.10. The third-order valence-electron chi connectivity index (χ3n) is 2.91. The Balaban J connectivity index is 2.24. The van der Waals surface area contributed by atoms with Crippen LogP contribution in [0.15, 0.2) is 36.4 Å². The van der Waals surface area contributed by atoms with Crippen LogP contribution in [0.4, 0.5) is 8.78 Å². The number of aromatic nitrogens is 2. The zero-order chi connectivity index (χ0) is 14.3. The summed E-state index contributed by atoms with van der Waals surface area (Å²) in [6, 6.07) is 8.62. The van der Waals surface area contributed by atoms with Crippen molar-refractivity contribution in [1.82, 2.24) is 9.97 Å². The van der Waals surface area contributed by atoms with Gasteiger partial charge in [-0.15, -0.1) is 0 Å². The first kappa shape index (κ1) is 12.9. The van der Waals surface area contributed by atoms with E-state index in [1.165, 1.54) is 30.3 Å². The van der Waals surface area contributed by atoms with Gasteiger partial charge < -0.3 is 0 Å². The molecule has 0 radical (unpaired) electrons. The normalized spacial score (nSPS) is 11.0. The molecule has 0 unspecified atom stereocenters. The molecule has 3 rings (SSSR count). The summed E-state index contributed by atoms with van der Waals surface area (Å²) in [5.74, 6) is -0.451. The molecule has 0 spiro atoms. The molecular weight excluding hydrogens is 282 g/mol. The molecule has 0 aliphatic heterocycles. The van der Waals surface area contributed by atoms with Crippen LogP contribution in [0, 0.1) is 18.6 Å². The molecule has 0 aliphatic carbocycles. The van der Waals surface area contributed by atoms with Crippen LogP contribution in [0.2, 0.25) is 5.15 Å². The maximum absolute atomic E-state index is 13.4. The van der Waals surface area contributed by atoms with Crippen LogP contribution in [0.5, 0.6) is 0 Å². The van der Waals surface area contributed by atoms with Crippen molar-refractivity contribution >= 4 is 22.5 Å². The van der Waals surface area contributed by atoms with E-state index in [0.717, 1.165) is 5.56 Å². The molecule has 0 fully saturated rings. The number of nitrogens with zero attached hydrogens (tertiary/aromatic N) is 2. The molecule has 0 bridgehead atoms. The van der Waals surface area contributed by atoms with Crippen molar-refractivity contribution in [2.75, 3.05) is 0 Å². The third-order valence-corrected chi connectivity index (χ3v) is 3.20. The van der Waals surface area contributed by atoms with Gasteiger partial charge in [0.05, 0.1) is 5.52 Å². The minimum absolute atomic E-state index is 0.145. The predicted octanol–water partition coefficient (Wildman–Crippen LogP) is 4.54. The van der Waals surface area contributed by atoms with E-state index in [1.807, 2.05) is 0 Å². The van der Waals surface area contributed by atoms with Gasteiger partial charge in [-0.05, 0) is 48.9 Å². The van der Waals surface area contributed by atoms with Crippen molar-refractivity contribution < 1.29 is 8.78 Å². The molecule has 0 saturated carbocycles. The van der Waals surface area contributed by atoms with E-state index in [0.29, 0.717) is 22.3 Å². The molecule has 100 valence electrons. The summed E-state index contributed by atoms with van der Waals surface area (Å²) in [5, 5.41) is 0.579. The van der Waals surface area contributed by atoms with E-state index in [-0.39, 0.29) is 11.0 Å². The summed E-state index contributed by atoms with van der Waals surface area (Å²) in [6.07, 6.45) is 0. The van der Waals surface area contributed by atoms with Gasteiger partial charge in [-0.2, -0.15) is 0 Å². The van der Waals surface area contributed by atoms with E-state index in [2.05, 4.69) is 9.97 Å². The second-order valence-electron chi connectivity index (χ2n) is 4.52. The molecule has 1 aromatic heterocycles. The van der Waals surface area contributed by atoms with Crippen LogP contribution in [-0.4, -0.2) is 9.97 Å². The lowest BCUT2D eigenvalue weighted by molar-refractivity contribution is 0.627. The zero-order valence-electron chi connectivity index (χ0n) is 10.5. The van der Waals surface area contributed by atoms with Crippen molar-refractivity contribution in [2.45, 2.75) is 6.92 Å². The highest BCUT2D eigenvalue weighted by Gasteiger charge is 2.10. The molecular formula is C15H9ClF2N2. The first-order chi connectivity index (χ1) is 9.52. The zero-order valence-corrected chi connectivity index (χ0v) is 11.2. The summed E-state index contributed by atoms with van der Waals surface area (Å²) in [4.78, 5) is 8.42. The number of fused-ring (bicyclic) bond motifs is 1. The minimum Gasteiger partial charge on any atom is -0.228 e. The second kappa shape index (κ2) is 4.80. The quantitative estimate of drug-likeness (QED) is 0.615. The number of benzene rings is 2. The lowest BCUT2D eigenvalue weighted by Crippen LogP contribution is -1.93. The molecule has 5 heteroatoms. The second-order valence-corrected chi connectivity index (χ2v) is 4.87. The first-order valence-electron chi connectivity index (χ1n) is 5.93. The molecule has 0 saturated heterocycles. The molecule has 0 amide bonds. The molecule has 3 aromatic rings. The smallest absolute Gasteiger partial charge is 0.161 e. The molecule has 0 N–H and O–H groups in total. The van der Waals surface area contributed by atoms with E-state index < -0.39 is 5.82 Å². The van der Waals surface area contributed by atoms with Crippen molar-refractivity contribution in [3.05, 3.63) is 58.7 Å². The molecule has 2 aromatic carbocycles. The van der Waals surface area contributed by atoms with E-state index >= 15 is 0 Å². The van der Waals surface area contributed by atoms with Crippen LogP contribution in [0.1, 0.15) is 5.56 Å². The average molecular weight is 291 g/mol.